The minimum Gasteiger partial charge on any atom is -0.465 e. The second-order valence-electron chi connectivity index (χ2n) is 8.69. The highest BCUT2D eigenvalue weighted by Crippen LogP contribution is 2.29. The number of benzene rings is 2. The summed E-state index contributed by atoms with van der Waals surface area (Å²) in [6.07, 6.45) is 11.2. The van der Waals surface area contributed by atoms with Crippen LogP contribution in [0.25, 0.3) is 21.8 Å². The van der Waals surface area contributed by atoms with Crippen LogP contribution in [0.5, 0.6) is 0 Å². The molecule has 0 fully saturated rings. The number of carbonyl (C=O) groups excluding carboxylic acids is 1. The highest BCUT2D eigenvalue weighted by atomic mass is 16.5. The molecule has 30 heavy (non-hydrogen) atoms. The first-order chi connectivity index (χ1) is 14.7. The molecule has 0 aliphatic rings. The maximum atomic E-state index is 11.4. The standard InChI is InChI=1S/C27H37NO2/c1-22(2)27(29)30-21-15-9-7-5-3-4-6-8-14-20-28-25-18-12-10-16-23(25)24-17-11-13-19-26(24)28/h10-13,16-19,22H,3-9,14-15,20-21H2,1-2H3. The van der Waals surface area contributed by atoms with Gasteiger partial charge >= 0.3 is 5.97 Å². The number of para-hydroxylation sites is 2. The van der Waals surface area contributed by atoms with Gasteiger partial charge in [-0.3, -0.25) is 4.79 Å². The van der Waals surface area contributed by atoms with Crippen molar-refractivity contribution in [1.82, 2.24) is 4.57 Å². The number of esters is 1. The molecule has 0 atom stereocenters. The molecule has 0 bridgehead atoms. The highest BCUT2D eigenvalue weighted by molar-refractivity contribution is 6.07. The van der Waals surface area contributed by atoms with E-state index < -0.39 is 0 Å². The van der Waals surface area contributed by atoms with Crippen LogP contribution in [0.3, 0.4) is 0 Å². The van der Waals surface area contributed by atoms with E-state index in [0.29, 0.717) is 6.61 Å². The first-order valence-corrected chi connectivity index (χ1v) is 11.8. The molecule has 0 unspecified atom stereocenters. The monoisotopic (exact) mass is 407 g/mol. The van der Waals surface area contributed by atoms with Crippen molar-refractivity contribution in [2.75, 3.05) is 6.61 Å². The van der Waals surface area contributed by atoms with Crippen LogP contribution in [0, 0.1) is 5.92 Å². The van der Waals surface area contributed by atoms with E-state index in [1.807, 2.05) is 13.8 Å². The number of rotatable bonds is 13. The van der Waals surface area contributed by atoms with Crippen molar-refractivity contribution in [1.29, 1.82) is 0 Å². The van der Waals surface area contributed by atoms with E-state index in [1.54, 1.807) is 0 Å². The lowest BCUT2D eigenvalue weighted by Gasteiger charge is -2.08. The summed E-state index contributed by atoms with van der Waals surface area (Å²) >= 11 is 0. The van der Waals surface area contributed by atoms with Crippen molar-refractivity contribution < 1.29 is 9.53 Å². The number of aryl methyl sites for hydroxylation is 1. The second-order valence-corrected chi connectivity index (χ2v) is 8.69. The van der Waals surface area contributed by atoms with E-state index in [0.717, 1.165) is 13.0 Å². The zero-order valence-electron chi connectivity index (χ0n) is 18.7. The molecule has 2 aromatic carbocycles. The number of ether oxygens (including phenoxy) is 1. The van der Waals surface area contributed by atoms with Crippen molar-refractivity contribution in [3.05, 3.63) is 48.5 Å². The van der Waals surface area contributed by atoms with Crippen molar-refractivity contribution in [2.24, 2.45) is 5.92 Å². The van der Waals surface area contributed by atoms with Gasteiger partial charge in [0.05, 0.1) is 12.5 Å². The van der Waals surface area contributed by atoms with Gasteiger partial charge in [0, 0.05) is 28.4 Å². The summed E-state index contributed by atoms with van der Waals surface area (Å²) in [7, 11) is 0. The summed E-state index contributed by atoms with van der Waals surface area (Å²) in [6, 6.07) is 17.5. The summed E-state index contributed by atoms with van der Waals surface area (Å²) in [6.45, 7) is 5.44. The molecule has 162 valence electrons. The fourth-order valence-electron chi connectivity index (χ4n) is 4.19. The van der Waals surface area contributed by atoms with E-state index in [1.165, 1.54) is 73.2 Å². The number of nitrogens with zero attached hydrogens (tertiary/aromatic N) is 1. The van der Waals surface area contributed by atoms with Crippen molar-refractivity contribution in [2.45, 2.75) is 78.2 Å². The molecule has 0 saturated heterocycles. The van der Waals surface area contributed by atoms with E-state index in [-0.39, 0.29) is 11.9 Å². The van der Waals surface area contributed by atoms with Gasteiger partial charge in [0.15, 0.2) is 0 Å². The molecule has 1 aromatic heterocycles. The Balaban J connectivity index is 1.28. The molecule has 0 aliphatic carbocycles. The van der Waals surface area contributed by atoms with Crippen LogP contribution in [-0.2, 0) is 16.1 Å². The van der Waals surface area contributed by atoms with E-state index >= 15 is 0 Å². The van der Waals surface area contributed by atoms with Gasteiger partial charge in [-0.15, -0.1) is 0 Å². The lowest BCUT2D eigenvalue weighted by atomic mass is 10.1. The predicted octanol–water partition coefficient (Wildman–Crippen LogP) is 7.50. The maximum Gasteiger partial charge on any atom is 0.308 e. The van der Waals surface area contributed by atoms with Crippen LogP contribution in [0.4, 0.5) is 0 Å². The van der Waals surface area contributed by atoms with E-state index in [9.17, 15) is 4.79 Å². The zero-order valence-corrected chi connectivity index (χ0v) is 18.7. The summed E-state index contributed by atoms with van der Waals surface area (Å²) in [5.74, 6) is -0.0872. The normalized spacial score (nSPS) is 11.6. The van der Waals surface area contributed by atoms with Crippen molar-refractivity contribution in [3.8, 4) is 0 Å². The summed E-state index contributed by atoms with van der Waals surface area (Å²) < 4.78 is 7.72. The van der Waals surface area contributed by atoms with Crippen LogP contribution in [0.1, 0.15) is 71.6 Å². The van der Waals surface area contributed by atoms with Gasteiger partial charge in [-0.25, -0.2) is 0 Å². The van der Waals surface area contributed by atoms with Gasteiger partial charge in [0.1, 0.15) is 0 Å². The number of unbranched alkanes of at least 4 members (excludes halogenated alkanes) is 8. The molecule has 3 nitrogen and oxygen atoms in total. The minimum absolute atomic E-state index is 0.0139. The molecule has 1 heterocycles. The quantitative estimate of drug-likeness (QED) is 0.217. The molecule has 3 rings (SSSR count). The average Bonchev–Trinajstić information content (AvgIpc) is 3.08. The van der Waals surface area contributed by atoms with E-state index in [4.69, 9.17) is 4.74 Å². The van der Waals surface area contributed by atoms with Crippen molar-refractivity contribution in [3.63, 3.8) is 0 Å². The summed E-state index contributed by atoms with van der Waals surface area (Å²) in [4.78, 5) is 11.4. The van der Waals surface area contributed by atoms with Crippen LogP contribution in [0.2, 0.25) is 0 Å². The molecular formula is C27H37NO2. The van der Waals surface area contributed by atoms with Gasteiger partial charge in [-0.1, -0.05) is 95.2 Å². The number of carbonyl (C=O) groups is 1. The van der Waals surface area contributed by atoms with E-state index in [2.05, 4.69) is 53.1 Å². The maximum absolute atomic E-state index is 11.4. The molecule has 3 heteroatoms. The Labute approximate surface area is 181 Å². The van der Waals surface area contributed by atoms with Gasteiger partial charge in [0.25, 0.3) is 0 Å². The average molecular weight is 408 g/mol. The highest BCUT2D eigenvalue weighted by Gasteiger charge is 2.09. The first-order valence-electron chi connectivity index (χ1n) is 11.8. The Morgan fingerprint density at radius 2 is 1.20 bits per heavy atom. The Bertz CT molecular complexity index is 872. The third kappa shape index (κ3) is 6.10. The summed E-state index contributed by atoms with van der Waals surface area (Å²) in [5, 5.41) is 2.74. The topological polar surface area (TPSA) is 31.2 Å². The SMILES string of the molecule is CC(C)C(=O)OCCCCCCCCCCCn1c2ccccc2c2ccccc21. The minimum atomic E-state index is -0.0732. The van der Waals surface area contributed by atoms with Crippen molar-refractivity contribution >= 4 is 27.8 Å². The van der Waals surface area contributed by atoms with Crippen LogP contribution < -0.4 is 0 Å². The van der Waals surface area contributed by atoms with Crippen LogP contribution in [-0.4, -0.2) is 17.1 Å². The molecular weight excluding hydrogens is 370 g/mol. The van der Waals surface area contributed by atoms with Gasteiger partial charge in [0.2, 0.25) is 0 Å². The van der Waals surface area contributed by atoms with Crippen LogP contribution >= 0.6 is 0 Å². The molecule has 0 radical (unpaired) electrons. The lowest BCUT2D eigenvalue weighted by Crippen LogP contribution is -2.12. The number of hydrogen-bond acceptors (Lipinski definition) is 2. The van der Waals surface area contributed by atoms with Crippen LogP contribution in [0.15, 0.2) is 48.5 Å². The third-order valence-electron chi connectivity index (χ3n) is 5.92. The largest absolute Gasteiger partial charge is 0.465 e. The Morgan fingerprint density at radius 3 is 1.73 bits per heavy atom. The Kier molecular flexibility index (Phi) is 8.80. The second kappa shape index (κ2) is 11.8. The molecule has 0 saturated carbocycles. The first kappa shape index (κ1) is 22.4. The smallest absolute Gasteiger partial charge is 0.308 e. The molecule has 0 N–H and O–H groups in total. The molecule has 3 aromatic rings. The van der Waals surface area contributed by atoms with Gasteiger partial charge in [-0.2, -0.15) is 0 Å². The molecule has 0 spiro atoms. The number of aromatic nitrogens is 1. The number of fused-ring (bicyclic) bond motifs is 3. The van der Waals surface area contributed by atoms with Gasteiger partial charge < -0.3 is 9.30 Å². The zero-order chi connectivity index (χ0) is 21.2. The fourth-order valence-corrected chi connectivity index (χ4v) is 4.19. The molecule has 0 amide bonds. The predicted molar refractivity (Wildman–Crippen MR) is 127 cm³/mol. The summed E-state index contributed by atoms with van der Waals surface area (Å²) in [5.41, 5.74) is 2.72. The number of hydrogen-bond donors (Lipinski definition) is 0. The fraction of sp³-hybridized carbons (Fsp3) is 0.519. The molecule has 0 aliphatic heterocycles. The third-order valence-corrected chi connectivity index (χ3v) is 5.92. The Morgan fingerprint density at radius 1 is 0.733 bits per heavy atom. The lowest BCUT2D eigenvalue weighted by molar-refractivity contribution is -0.147. The van der Waals surface area contributed by atoms with Gasteiger partial charge in [-0.05, 0) is 25.0 Å². The Hall–Kier alpha value is -2.29.